The van der Waals surface area contributed by atoms with E-state index in [-0.39, 0.29) is 5.91 Å². The van der Waals surface area contributed by atoms with Gasteiger partial charge in [-0.2, -0.15) is 0 Å². The van der Waals surface area contributed by atoms with E-state index in [1.54, 1.807) is 10.9 Å². The molecule has 0 radical (unpaired) electrons. The minimum Gasteiger partial charge on any atom is -0.350 e. The summed E-state index contributed by atoms with van der Waals surface area (Å²) in [5.41, 5.74) is 5.76. The van der Waals surface area contributed by atoms with Crippen LogP contribution in [0, 0.1) is 5.92 Å². The van der Waals surface area contributed by atoms with E-state index in [2.05, 4.69) is 27.8 Å². The van der Waals surface area contributed by atoms with Gasteiger partial charge in [-0.25, -0.2) is 0 Å². The normalized spacial score (nSPS) is 18.8. The molecule has 2 rings (SSSR count). The van der Waals surface area contributed by atoms with Gasteiger partial charge >= 0.3 is 0 Å². The molecule has 0 aromatic carbocycles. The lowest BCUT2D eigenvalue weighted by molar-refractivity contribution is 0.0941. The molecular formula is C12H19N5O. The monoisotopic (exact) mass is 249 g/mol. The van der Waals surface area contributed by atoms with Gasteiger partial charge in [0.1, 0.15) is 0 Å². The molecule has 1 heterocycles. The van der Waals surface area contributed by atoms with Crippen molar-refractivity contribution in [3.63, 3.8) is 0 Å². The van der Waals surface area contributed by atoms with Gasteiger partial charge in [0.05, 0.1) is 12.7 Å². The third kappa shape index (κ3) is 3.40. The fraction of sp³-hybridized carbons (Fsp3) is 0.583. The predicted molar refractivity (Wildman–Crippen MR) is 67.9 cm³/mol. The molecule has 1 aromatic heterocycles. The van der Waals surface area contributed by atoms with Crippen LogP contribution in [-0.4, -0.2) is 34.0 Å². The zero-order valence-electron chi connectivity index (χ0n) is 10.4. The average Bonchev–Trinajstić information content (AvgIpc) is 2.86. The Labute approximate surface area is 106 Å². The van der Waals surface area contributed by atoms with E-state index in [1.807, 2.05) is 0 Å². The number of allylic oxidation sites excluding steroid dienone is 2. The van der Waals surface area contributed by atoms with Gasteiger partial charge in [0.15, 0.2) is 5.69 Å². The summed E-state index contributed by atoms with van der Waals surface area (Å²) in [6.07, 6.45) is 9.28. The number of nitrogens with one attached hydrogen (secondary N) is 1. The van der Waals surface area contributed by atoms with Crippen molar-refractivity contribution in [3.8, 4) is 0 Å². The lowest BCUT2D eigenvalue weighted by Gasteiger charge is -2.17. The van der Waals surface area contributed by atoms with Gasteiger partial charge in [0.25, 0.3) is 5.91 Å². The second-order valence-electron chi connectivity index (χ2n) is 4.52. The minimum absolute atomic E-state index is 0.159. The highest BCUT2D eigenvalue weighted by atomic mass is 16.2. The lowest BCUT2D eigenvalue weighted by Crippen LogP contribution is -2.30. The van der Waals surface area contributed by atoms with Gasteiger partial charge in [-0.05, 0) is 25.2 Å². The van der Waals surface area contributed by atoms with E-state index >= 15 is 0 Å². The molecule has 0 fully saturated rings. The van der Waals surface area contributed by atoms with E-state index in [9.17, 15) is 4.79 Å². The van der Waals surface area contributed by atoms with E-state index in [0.717, 1.165) is 19.3 Å². The van der Waals surface area contributed by atoms with Crippen molar-refractivity contribution in [1.29, 1.82) is 0 Å². The second kappa shape index (κ2) is 6.30. The van der Waals surface area contributed by atoms with Crippen LogP contribution >= 0.6 is 0 Å². The molecule has 0 saturated carbocycles. The topological polar surface area (TPSA) is 85.8 Å². The van der Waals surface area contributed by atoms with Crippen LogP contribution in [-0.2, 0) is 6.54 Å². The van der Waals surface area contributed by atoms with Crippen LogP contribution in [0.1, 0.15) is 29.8 Å². The number of nitrogens with two attached hydrogens (primary N) is 1. The summed E-state index contributed by atoms with van der Waals surface area (Å²) in [6.45, 7) is 1.76. The maximum absolute atomic E-state index is 11.8. The first-order valence-electron chi connectivity index (χ1n) is 6.33. The Morgan fingerprint density at radius 2 is 2.44 bits per heavy atom. The van der Waals surface area contributed by atoms with Crippen molar-refractivity contribution >= 4 is 5.91 Å². The molecule has 1 atom stereocenters. The van der Waals surface area contributed by atoms with Gasteiger partial charge in [-0.1, -0.05) is 17.4 Å². The fourth-order valence-electron chi connectivity index (χ4n) is 2.01. The molecule has 1 unspecified atom stereocenters. The molecule has 1 aromatic rings. The molecule has 1 aliphatic carbocycles. The molecular weight excluding hydrogens is 230 g/mol. The molecule has 1 aliphatic rings. The van der Waals surface area contributed by atoms with Crippen LogP contribution in [0.25, 0.3) is 0 Å². The number of carbonyl (C=O) groups excluding carboxylic acids is 1. The zero-order chi connectivity index (χ0) is 12.8. The molecule has 6 heteroatoms. The quantitative estimate of drug-likeness (QED) is 0.736. The smallest absolute Gasteiger partial charge is 0.273 e. The summed E-state index contributed by atoms with van der Waals surface area (Å²) in [5.74, 6) is 0.380. The first kappa shape index (κ1) is 12.8. The minimum atomic E-state index is -0.159. The first-order chi connectivity index (χ1) is 8.79. The lowest BCUT2D eigenvalue weighted by atomic mass is 9.94. The highest BCUT2D eigenvalue weighted by Gasteiger charge is 2.14. The van der Waals surface area contributed by atoms with Gasteiger partial charge in [0, 0.05) is 13.1 Å². The number of nitrogens with zero attached hydrogens (tertiary/aromatic N) is 3. The summed E-state index contributed by atoms with van der Waals surface area (Å²) in [6, 6.07) is 0. The van der Waals surface area contributed by atoms with Crippen molar-refractivity contribution in [1.82, 2.24) is 20.3 Å². The largest absolute Gasteiger partial charge is 0.350 e. The zero-order valence-corrected chi connectivity index (χ0v) is 10.4. The summed E-state index contributed by atoms with van der Waals surface area (Å²) in [7, 11) is 0. The van der Waals surface area contributed by atoms with Crippen LogP contribution in [0.3, 0.4) is 0 Å². The van der Waals surface area contributed by atoms with Crippen LogP contribution in [0.2, 0.25) is 0 Å². The van der Waals surface area contributed by atoms with E-state index < -0.39 is 0 Å². The van der Waals surface area contributed by atoms with Crippen molar-refractivity contribution in [2.45, 2.75) is 25.8 Å². The van der Waals surface area contributed by atoms with Crippen LogP contribution in [0.15, 0.2) is 18.3 Å². The Kier molecular flexibility index (Phi) is 4.46. The summed E-state index contributed by atoms with van der Waals surface area (Å²) >= 11 is 0. The Morgan fingerprint density at radius 1 is 1.56 bits per heavy atom. The molecule has 0 bridgehead atoms. The number of amides is 1. The molecule has 98 valence electrons. The summed E-state index contributed by atoms with van der Waals surface area (Å²) in [4.78, 5) is 11.8. The second-order valence-corrected chi connectivity index (χ2v) is 4.52. The molecule has 1 amide bonds. The summed E-state index contributed by atoms with van der Waals surface area (Å²) in [5, 5.41) is 10.6. The van der Waals surface area contributed by atoms with Crippen molar-refractivity contribution in [2.75, 3.05) is 13.1 Å². The van der Waals surface area contributed by atoms with E-state index in [1.165, 1.54) is 0 Å². The molecule has 0 spiro atoms. The van der Waals surface area contributed by atoms with E-state index in [4.69, 9.17) is 5.73 Å². The number of carbonyl (C=O) groups is 1. The third-order valence-electron chi connectivity index (χ3n) is 3.06. The Balaban J connectivity index is 1.81. The van der Waals surface area contributed by atoms with Crippen LogP contribution in [0.5, 0.6) is 0 Å². The van der Waals surface area contributed by atoms with Gasteiger partial charge in [0.2, 0.25) is 0 Å². The van der Waals surface area contributed by atoms with Crippen molar-refractivity contribution < 1.29 is 4.79 Å². The van der Waals surface area contributed by atoms with Crippen molar-refractivity contribution in [2.24, 2.45) is 11.7 Å². The summed E-state index contributed by atoms with van der Waals surface area (Å²) < 4.78 is 1.58. The fourth-order valence-corrected chi connectivity index (χ4v) is 2.01. The third-order valence-corrected chi connectivity index (χ3v) is 3.06. The predicted octanol–water partition coefficient (Wildman–Crippen LogP) is 0.323. The SMILES string of the molecule is NCCn1cc(C(=O)NCC2CC=CCC2)nn1. The molecule has 6 nitrogen and oxygen atoms in total. The average molecular weight is 249 g/mol. The molecule has 0 saturated heterocycles. The van der Waals surface area contributed by atoms with Gasteiger partial charge in [-0.3, -0.25) is 9.48 Å². The molecule has 3 N–H and O–H groups in total. The standard InChI is InChI=1S/C12H19N5O/c13-6-7-17-9-11(15-16-17)12(18)14-8-10-4-2-1-3-5-10/h1-2,9-10H,3-8,13H2,(H,14,18). The Morgan fingerprint density at radius 3 is 3.17 bits per heavy atom. The Bertz CT molecular complexity index is 426. The highest BCUT2D eigenvalue weighted by Crippen LogP contribution is 2.16. The van der Waals surface area contributed by atoms with Gasteiger partial charge < -0.3 is 11.1 Å². The highest BCUT2D eigenvalue weighted by molar-refractivity contribution is 5.91. The number of aromatic nitrogens is 3. The first-order valence-corrected chi connectivity index (χ1v) is 6.33. The van der Waals surface area contributed by atoms with Crippen molar-refractivity contribution in [3.05, 3.63) is 24.0 Å². The van der Waals surface area contributed by atoms with Crippen LogP contribution in [0.4, 0.5) is 0 Å². The Hall–Kier alpha value is -1.69. The number of rotatable bonds is 5. The van der Waals surface area contributed by atoms with Gasteiger partial charge in [-0.15, -0.1) is 5.10 Å². The number of hydrogen-bond acceptors (Lipinski definition) is 4. The number of hydrogen-bond donors (Lipinski definition) is 2. The van der Waals surface area contributed by atoms with E-state index in [0.29, 0.717) is 31.2 Å². The van der Waals surface area contributed by atoms with Crippen LogP contribution < -0.4 is 11.1 Å². The molecule has 0 aliphatic heterocycles. The molecule has 18 heavy (non-hydrogen) atoms. The maximum Gasteiger partial charge on any atom is 0.273 e. The maximum atomic E-state index is 11.8.